The van der Waals surface area contributed by atoms with Crippen molar-refractivity contribution in [1.29, 1.82) is 0 Å². The van der Waals surface area contributed by atoms with E-state index in [4.69, 9.17) is 9.15 Å². The minimum atomic E-state index is -0.416. The van der Waals surface area contributed by atoms with Gasteiger partial charge in [-0.15, -0.1) is 0 Å². The van der Waals surface area contributed by atoms with Crippen LogP contribution < -0.4 is 0 Å². The van der Waals surface area contributed by atoms with E-state index in [-0.39, 0.29) is 12.0 Å². The number of hydrogen-bond acceptors (Lipinski definition) is 4. The zero-order valence-electron chi connectivity index (χ0n) is 11.3. The maximum absolute atomic E-state index is 12.1. The van der Waals surface area contributed by atoms with E-state index >= 15 is 0 Å². The quantitative estimate of drug-likeness (QED) is 0.774. The molecule has 1 atom stereocenters. The van der Waals surface area contributed by atoms with Gasteiger partial charge in [0.05, 0.1) is 12.5 Å². The molecule has 1 saturated heterocycles. The highest BCUT2D eigenvalue weighted by molar-refractivity contribution is 5.76. The molecule has 4 heteroatoms. The molecule has 0 aliphatic carbocycles. The number of nitrogens with zero attached hydrogens (tertiary/aromatic N) is 1. The molecule has 0 amide bonds. The number of ether oxygens (including phenoxy) is 1. The smallest absolute Gasteiger partial charge is 0.323 e. The number of furan rings is 1. The van der Waals surface area contributed by atoms with Crippen molar-refractivity contribution in [3.8, 4) is 0 Å². The fourth-order valence-corrected chi connectivity index (χ4v) is 2.27. The number of carbonyl (C=O) groups excluding carboxylic acids is 1. The van der Waals surface area contributed by atoms with Gasteiger partial charge in [-0.25, -0.2) is 0 Å². The molecular weight excluding hydrogens is 230 g/mol. The van der Waals surface area contributed by atoms with E-state index in [9.17, 15) is 4.79 Å². The van der Waals surface area contributed by atoms with Crippen LogP contribution in [0.2, 0.25) is 0 Å². The van der Waals surface area contributed by atoms with Gasteiger partial charge in [0.25, 0.3) is 0 Å². The fourth-order valence-electron chi connectivity index (χ4n) is 2.27. The highest BCUT2D eigenvalue weighted by Gasteiger charge is 2.33. The first-order valence-corrected chi connectivity index (χ1v) is 6.44. The molecule has 100 valence electrons. The van der Waals surface area contributed by atoms with Gasteiger partial charge in [0, 0.05) is 12.1 Å². The number of esters is 1. The second kappa shape index (κ2) is 5.14. The van der Waals surface area contributed by atoms with E-state index < -0.39 is 5.60 Å². The Bertz CT molecular complexity index is 392. The van der Waals surface area contributed by atoms with Gasteiger partial charge in [-0.05, 0) is 46.2 Å². The molecule has 1 aliphatic heterocycles. The van der Waals surface area contributed by atoms with E-state index in [1.807, 2.05) is 26.8 Å². The molecule has 2 rings (SSSR count). The van der Waals surface area contributed by atoms with Crippen LogP contribution in [0.4, 0.5) is 0 Å². The Balaban J connectivity index is 1.97. The number of carbonyl (C=O) groups is 1. The summed E-state index contributed by atoms with van der Waals surface area (Å²) in [7, 11) is 0. The van der Waals surface area contributed by atoms with E-state index in [0.717, 1.165) is 31.5 Å². The predicted octanol–water partition coefficient (Wildman–Crippen LogP) is 2.59. The molecule has 0 radical (unpaired) electrons. The predicted molar refractivity (Wildman–Crippen MR) is 68.0 cm³/mol. The Hall–Kier alpha value is -1.29. The van der Waals surface area contributed by atoms with Crippen LogP contribution in [0, 0.1) is 0 Å². The van der Waals surface area contributed by atoms with Gasteiger partial charge in [0.1, 0.15) is 11.6 Å². The van der Waals surface area contributed by atoms with Crippen LogP contribution in [0.25, 0.3) is 0 Å². The van der Waals surface area contributed by atoms with Crippen molar-refractivity contribution < 1.29 is 13.9 Å². The lowest BCUT2D eigenvalue weighted by Gasteiger charge is -2.27. The Kier molecular flexibility index (Phi) is 3.76. The monoisotopic (exact) mass is 251 g/mol. The summed E-state index contributed by atoms with van der Waals surface area (Å²) < 4.78 is 10.5. The molecule has 2 heterocycles. The van der Waals surface area contributed by atoms with Gasteiger partial charge in [-0.2, -0.15) is 0 Å². The molecule has 1 fully saturated rings. The Morgan fingerprint density at radius 2 is 2.33 bits per heavy atom. The average molecular weight is 251 g/mol. The Morgan fingerprint density at radius 3 is 2.94 bits per heavy atom. The summed E-state index contributed by atoms with van der Waals surface area (Å²) in [6.07, 6.45) is 5.31. The van der Waals surface area contributed by atoms with Crippen molar-refractivity contribution in [2.75, 3.05) is 6.54 Å². The van der Waals surface area contributed by atoms with E-state index in [1.54, 1.807) is 12.5 Å². The first-order chi connectivity index (χ1) is 8.46. The molecular formula is C14H21NO3. The van der Waals surface area contributed by atoms with Gasteiger partial charge in [0.15, 0.2) is 0 Å². The minimum Gasteiger partial charge on any atom is -0.472 e. The fraction of sp³-hybridized carbons (Fsp3) is 0.643. The van der Waals surface area contributed by atoms with Gasteiger partial charge in [-0.3, -0.25) is 9.69 Å². The third-order valence-corrected chi connectivity index (χ3v) is 3.01. The lowest BCUT2D eigenvalue weighted by atomic mass is 10.1. The molecule has 0 N–H and O–H groups in total. The summed E-state index contributed by atoms with van der Waals surface area (Å²) in [5.41, 5.74) is 0.687. The van der Waals surface area contributed by atoms with Crippen LogP contribution in [0.15, 0.2) is 23.0 Å². The molecule has 0 bridgehead atoms. The topological polar surface area (TPSA) is 42.7 Å². The Morgan fingerprint density at radius 1 is 1.56 bits per heavy atom. The first-order valence-electron chi connectivity index (χ1n) is 6.44. The maximum atomic E-state index is 12.1. The first kappa shape index (κ1) is 13.1. The van der Waals surface area contributed by atoms with Crippen molar-refractivity contribution in [3.63, 3.8) is 0 Å². The second-order valence-corrected chi connectivity index (χ2v) is 5.79. The molecule has 1 aliphatic rings. The SMILES string of the molecule is CC(C)(C)OC(=O)[C@@H]1CCCN1Cc1ccoc1. The molecule has 0 unspecified atom stereocenters. The van der Waals surface area contributed by atoms with Gasteiger partial charge < -0.3 is 9.15 Å². The molecule has 4 nitrogen and oxygen atoms in total. The van der Waals surface area contributed by atoms with Crippen molar-refractivity contribution >= 4 is 5.97 Å². The number of likely N-dealkylation sites (tertiary alicyclic amines) is 1. The summed E-state index contributed by atoms with van der Waals surface area (Å²) in [5.74, 6) is -0.108. The largest absolute Gasteiger partial charge is 0.472 e. The van der Waals surface area contributed by atoms with Gasteiger partial charge in [0.2, 0.25) is 0 Å². The Labute approximate surface area is 108 Å². The van der Waals surface area contributed by atoms with E-state index in [1.165, 1.54) is 0 Å². The molecule has 1 aromatic heterocycles. The molecule has 18 heavy (non-hydrogen) atoms. The van der Waals surface area contributed by atoms with Crippen LogP contribution in [0.1, 0.15) is 39.2 Å². The summed E-state index contributed by atoms with van der Waals surface area (Å²) in [6, 6.07) is 1.82. The lowest BCUT2D eigenvalue weighted by Crippen LogP contribution is -2.40. The van der Waals surface area contributed by atoms with Crippen LogP contribution in [0.5, 0.6) is 0 Å². The van der Waals surface area contributed by atoms with Crippen molar-refractivity contribution in [2.24, 2.45) is 0 Å². The van der Waals surface area contributed by atoms with Crippen LogP contribution in [-0.2, 0) is 16.1 Å². The van der Waals surface area contributed by atoms with Crippen molar-refractivity contribution in [1.82, 2.24) is 4.90 Å². The molecule has 0 spiro atoms. The third-order valence-electron chi connectivity index (χ3n) is 3.01. The normalized spacial score (nSPS) is 21.2. The van der Waals surface area contributed by atoms with Crippen LogP contribution in [-0.4, -0.2) is 29.1 Å². The number of hydrogen-bond donors (Lipinski definition) is 0. The highest BCUT2D eigenvalue weighted by atomic mass is 16.6. The summed E-state index contributed by atoms with van der Waals surface area (Å²) in [5, 5.41) is 0. The van der Waals surface area contributed by atoms with Gasteiger partial charge >= 0.3 is 5.97 Å². The summed E-state index contributed by atoms with van der Waals surface area (Å²) >= 11 is 0. The van der Waals surface area contributed by atoms with Crippen molar-refractivity contribution in [3.05, 3.63) is 24.2 Å². The average Bonchev–Trinajstić information content (AvgIpc) is 2.86. The van der Waals surface area contributed by atoms with E-state index in [0.29, 0.717) is 0 Å². The molecule has 1 aromatic rings. The lowest BCUT2D eigenvalue weighted by molar-refractivity contribution is -0.160. The zero-order chi connectivity index (χ0) is 13.2. The second-order valence-electron chi connectivity index (χ2n) is 5.79. The number of rotatable bonds is 3. The molecule has 0 saturated carbocycles. The zero-order valence-corrected chi connectivity index (χ0v) is 11.3. The molecule has 0 aromatic carbocycles. The minimum absolute atomic E-state index is 0.108. The van der Waals surface area contributed by atoms with Gasteiger partial charge in [-0.1, -0.05) is 0 Å². The van der Waals surface area contributed by atoms with Crippen LogP contribution >= 0.6 is 0 Å². The summed E-state index contributed by atoms with van der Waals surface area (Å²) in [4.78, 5) is 14.3. The third kappa shape index (κ3) is 3.35. The van der Waals surface area contributed by atoms with Crippen LogP contribution in [0.3, 0.4) is 0 Å². The standard InChI is InChI=1S/C14H21NO3/c1-14(2,3)18-13(16)12-5-4-7-15(12)9-11-6-8-17-10-11/h6,8,10,12H,4-5,7,9H2,1-3H3/t12-/m0/s1. The highest BCUT2D eigenvalue weighted by Crippen LogP contribution is 2.23. The summed E-state index contributed by atoms with van der Waals surface area (Å²) in [6.45, 7) is 7.40. The van der Waals surface area contributed by atoms with E-state index in [2.05, 4.69) is 4.90 Å². The van der Waals surface area contributed by atoms with Crippen molar-refractivity contribution in [2.45, 2.75) is 51.8 Å². The maximum Gasteiger partial charge on any atom is 0.323 e.